The van der Waals surface area contributed by atoms with Crippen LogP contribution in [-0.4, -0.2) is 59.1 Å². The molecule has 0 radical (unpaired) electrons. The van der Waals surface area contributed by atoms with Gasteiger partial charge in [0, 0.05) is 32.4 Å². The van der Waals surface area contributed by atoms with Crippen LogP contribution in [0.5, 0.6) is 0 Å². The van der Waals surface area contributed by atoms with E-state index in [1.807, 2.05) is 40.1 Å². The number of carbonyl (C=O) groups excluding carboxylic acids is 1. The number of carbonyl (C=O) groups is 1. The fraction of sp³-hybridized carbons (Fsp3) is 0.548. The Morgan fingerprint density at radius 3 is 2.38 bits per heavy atom. The Labute approximate surface area is 238 Å². The van der Waals surface area contributed by atoms with Crippen LogP contribution in [0, 0.1) is 5.92 Å². The Morgan fingerprint density at radius 2 is 1.75 bits per heavy atom. The number of allylic oxidation sites excluding steroid dienone is 3. The van der Waals surface area contributed by atoms with Crippen molar-refractivity contribution < 1.29 is 14.1 Å². The van der Waals surface area contributed by atoms with Crippen molar-refractivity contribution in [1.29, 1.82) is 0 Å². The number of ether oxygens (including phenoxy) is 1. The van der Waals surface area contributed by atoms with Crippen molar-refractivity contribution >= 4 is 23.9 Å². The first-order chi connectivity index (χ1) is 18.9. The molecule has 2 N–H and O–H groups in total. The zero-order chi connectivity index (χ0) is 29.1. The zero-order valence-corrected chi connectivity index (χ0v) is 25.0. The summed E-state index contributed by atoms with van der Waals surface area (Å²) in [5.74, 6) is 1.45. The Balaban J connectivity index is 1.47. The van der Waals surface area contributed by atoms with Crippen LogP contribution in [0.15, 0.2) is 51.8 Å². The lowest BCUT2D eigenvalue weighted by Crippen LogP contribution is -2.47. The maximum Gasteiger partial charge on any atom is 0.410 e. The van der Waals surface area contributed by atoms with Crippen molar-refractivity contribution in [2.24, 2.45) is 16.6 Å². The molecule has 2 aliphatic heterocycles. The molecule has 9 heteroatoms. The van der Waals surface area contributed by atoms with Crippen molar-refractivity contribution in [1.82, 2.24) is 15.0 Å². The number of aliphatic imine (C=N–C) groups is 1. The van der Waals surface area contributed by atoms with Crippen LogP contribution in [0.4, 0.5) is 10.8 Å². The molecule has 1 saturated heterocycles. The normalized spacial score (nSPS) is 18.4. The van der Waals surface area contributed by atoms with Gasteiger partial charge in [0.25, 0.3) is 0 Å². The van der Waals surface area contributed by atoms with Gasteiger partial charge in [0.1, 0.15) is 11.4 Å². The lowest BCUT2D eigenvalue weighted by molar-refractivity contribution is 0.0200. The van der Waals surface area contributed by atoms with E-state index in [4.69, 9.17) is 20.0 Å². The molecule has 0 saturated carbocycles. The van der Waals surface area contributed by atoms with Gasteiger partial charge in [0.15, 0.2) is 5.82 Å². The molecule has 4 rings (SSSR count). The number of aromatic nitrogens is 2. The summed E-state index contributed by atoms with van der Waals surface area (Å²) < 4.78 is 11.3. The van der Waals surface area contributed by atoms with E-state index in [2.05, 4.69) is 66.2 Å². The van der Waals surface area contributed by atoms with E-state index in [1.54, 1.807) is 4.90 Å². The number of benzene rings is 1. The average molecular weight is 549 g/mol. The molecule has 1 aromatic heterocycles. The molecule has 216 valence electrons. The third-order valence-corrected chi connectivity index (χ3v) is 8.05. The summed E-state index contributed by atoms with van der Waals surface area (Å²) in [7, 11) is 1.81. The average Bonchev–Trinajstić information content (AvgIpc) is 3.40. The van der Waals surface area contributed by atoms with E-state index >= 15 is 0 Å². The number of hydrogen-bond acceptors (Lipinski definition) is 8. The summed E-state index contributed by atoms with van der Waals surface area (Å²) in [6.45, 7) is 13.6. The summed E-state index contributed by atoms with van der Waals surface area (Å²) in [6.07, 6.45) is 9.11. The van der Waals surface area contributed by atoms with Crippen molar-refractivity contribution in [3.63, 3.8) is 0 Å². The topological polar surface area (TPSA) is 110 Å². The van der Waals surface area contributed by atoms with Gasteiger partial charge in [-0.25, -0.2) is 9.79 Å². The monoisotopic (exact) mass is 548 g/mol. The predicted octanol–water partition coefficient (Wildman–Crippen LogP) is 5.92. The standard InChI is InChI=1S/C31H44N6O3/c1-21(2)31(6,24-14-12-22(13-15-24)23-10-8-9-11-26(32)33-20-23)27-34-28(40-35-27)37-18-16-25(17-19-37)36(7)29(38)39-30(3,4)5/h10-15,20-21,25H,8-9,16-19,32H2,1-7H3. The number of rotatable bonds is 6. The van der Waals surface area contributed by atoms with Crippen molar-refractivity contribution in [2.75, 3.05) is 25.0 Å². The van der Waals surface area contributed by atoms with E-state index in [9.17, 15) is 4.79 Å². The van der Waals surface area contributed by atoms with Gasteiger partial charge in [-0.05, 0) is 82.1 Å². The van der Waals surface area contributed by atoms with Crippen molar-refractivity contribution in [2.45, 2.75) is 84.3 Å². The number of nitrogens with two attached hydrogens (primary N) is 1. The number of nitrogens with zero attached hydrogens (tertiary/aromatic N) is 5. The summed E-state index contributed by atoms with van der Waals surface area (Å²) in [6, 6.07) is 9.19. The van der Waals surface area contributed by atoms with Crippen LogP contribution < -0.4 is 10.6 Å². The lowest BCUT2D eigenvalue weighted by Gasteiger charge is -2.36. The molecule has 9 nitrogen and oxygen atoms in total. The van der Waals surface area contributed by atoms with Crippen molar-refractivity contribution in [3.8, 4) is 0 Å². The van der Waals surface area contributed by atoms with Crippen LogP contribution in [-0.2, 0) is 10.2 Å². The van der Waals surface area contributed by atoms with Crippen LogP contribution in [0.1, 0.15) is 84.2 Å². The molecule has 1 amide bonds. The van der Waals surface area contributed by atoms with Crippen LogP contribution in [0.3, 0.4) is 0 Å². The van der Waals surface area contributed by atoms with Gasteiger partial charge in [0.05, 0.1) is 5.41 Å². The fourth-order valence-electron chi connectivity index (χ4n) is 5.12. The Hall–Kier alpha value is -3.62. The highest BCUT2D eigenvalue weighted by atomic mass is 16.6. The summed E-state index contributed by atoms with van der Waals surface area (Å²) in [4.78, 5) is 25.6. The van der Waals surface area contributed by atoms with Gasteiger partial charge >= 0.3 is 12.1 Å². The molecular weight excluding hydrogens is 504 g/mol. The third kappa shape index (κ3) is 6.57. The minimum absolute atomic E-state index is 0.110. The summed E-state index contributed by atoms with van der Waals surface area (Å²) >= 11 is 0. The molecule has 2 aliphatic rings. The second-order valence-corrected chi connectivity index (χ2v) is 12.3. The zero-order valence-electron chi connectivity index (χ0n) is 25.0. The number of piperidine rings is 1. The molecule has 1 atom stereocenters. The van der Waals surface area contributed by atoms with Crippen LogP contribution >= 0.6 is 0 Å². The maximum absolute atomic E-state index is 12.5. The van der Waals surface area contributed by atoms with E-state index in [1.165, 1.54) is 0 Å². The second-order valence-electron chi connectivity index (χ2n) is 12.3. The van der Waals surface area contributed by atoms with Crippen LogP contribution in [0.2, 0.25) is 0 Å². The van der Waals surface area contributed by atoms with Crippen LogP contribution in [0.25, 0.3) is 5.57 Å². The maximum atomic E-state index is 12.5. The molecule has 1 fully saturated rings. The highest BCUT2D eigenvalue weighted by Gasteiger charge is 2.38. The SMILES string of the molecule is CC(C)C(C)(c1ccc(C2=CCCC=C(N)N=C2)cc1)c1noc(N2CCC(N(C)C(=O)OC(C)(C)C)CC2)n1. The lowest BCUT2D eigenvalue weighted by atomic mass is 9.72. The molecule has 0 bridgehead atoms. The highest BCUT2D eigenvalue weighted by Crippen LogP contribution is 2.39. The number of amides is 1. The van der Waals surface area contributed by atoms with Gasteiger partial charge < -0.3 is 24.8 Å². The number of anilines is 1. The molecule has 40 heavy (non-hydrogen) atoms. The summed E-state index contributed by atoms with van der Waals surface area (Å²) in [5, 5.41) is 4.46. The molecule has 1 aromatic carbocycles. The summed E-state index contributed by atoms with van der Waals surface area (Å²) in [5.41, 5.74) is 8.26. The van der Waals surface area contributed by atoms with E-state index in [-0.39, 0.29) is 18.1 Å². The third-order valence-electron chi connectivity index (χ3n) is 8.05. The van der Waals surface area contributed by atoms with E-state index < -0.39 is 11.0 Å². The smallest absolute Gasteiger partial charge is 0.410 e. The first-order valence-corrected chi connectivity index (χ1v) is 14.2. The van der Waals surface area contributed by atoms with Gasteiger partial charge in [-0.2, -0.15) is 4.98 Å². The molecule has 0 spiro atoms. The van der Waals surface area contributed by atoms with Crippen molar-refractivity contribution in [3.05, 3.63) is 59.2 Å². The molecule has 3 heterocycles. The minimum atomic E-state index is -0.512. The molecule has 0 aliphatic carbocycles. The van der Waals surface area contributed by atoms with Gasteiger partial charge in [-0.1, -0.05) is 49.3 Å². The minimum Gasteiger partial charge on any atom is -0.444 e. The highest BCUT2D eigenvalue weighted by molar-refractivity contribution is 6.10. The van der Waals surface area contributed by atoms with E-state index in [0.717, 1.165) is 55.5 Å². The molecular formula is C31H44N6O3. The van der Waals surface area contributed by atoms with Gasteiger partial charge in [0.2, 0.25) is 0 Å². The fourth-order valence-corrected chi connectivity index (χ4v) is 5.12. The number of hydrogen-bond donors (Lipinski definition) is 1. The predicted molar refractivity (Wildman–Crippen MR) is 159 cm³/mol. The first-order valence-electron chi connectivity index (χ1n) is 14.2. The molecule has 2 aromatic rings. The van der Waals surface area contributed by atoms with Gasteiger partial charge in [-0.3, -0.25) is 0 Å². The second kappa shape index (κ2) is 11.9. The Bertz CT molecular complexity index is 1260. The largest absolute Gasteiger partial charge is 0.444 e. The molecule has 1 unspecified atom stereocenters. The Morgan fingerprint density at radius 1 is 1.10 bits per heavy atom. The Kier molecular flexibility index (Phi) is 8.71. The van der Waals surface area contributed by atoms with Gasteiger partial charge in [-0.15, -0.1) is 0 Å². The van der Waals surface area contributed by atoms with E-state index in [0.29, 0.717) is 17.7 Å². The quantitative estimate of drug-likeness (QED) is 0.477. The first kappa shape index (κ1) is 29.4.